The maximum Gasteiger partial charge on any atom is 0.258 e. The molecule has 0 bridgehead atoms. The summed E-state index contributed by atoms with van der Waals surface area (Å²) in [5, 5.41) is 11.2. The number of phenolic OH excluding ortho intramolecular Hbond substituents is 1. The number of benzene rings is 1. The van der Waals surface area contributed by atoms with E-state index in [9.17, 15) is 9.90 Å². The molecule has 0 aliphatic carbocycles. The SMILES string of the molecule is CC1CCC(C)N1C(=O)c1ccc2cccnc2c1O. The van der Waals surface area contributed by atoms with Crippen molar-refractivity contribution in [3.8, 4) is 5.75 Å². The van der Waals surface area contributed by atoms with Crippen LogP contribution in [0, 0.1) is 0 Å². The van der Waals surface area contributed by atoms with E-state index in [2.05, 4.69) is 18.8 Å². The number of carbonyl (C=O) groups excluding carboxylic acids is 1. The Labute approximate surface area is 118 Å². The fourth-order valence-electron chi connectivity index (χ4n) is 3.04. The van der Waals surface area contributed by atoms with Gasteiger partial charge < -0.3 is 10.0 Å². The minimum Gasteiger partial charge on any atom is -0.505 e. The van der Waals surface area contributed by atoms with Crippen LogP contribution in [0.15, 0.2) is 30.5 Å². The van der Waals surface area contributed by atoms with Crippen LogP contribution in [-0.4, -0.2) is 33.0 Å². The van der Waals surface area contributed by atoms with Crippen LogP contribution >= 0.6 is 0 Å². The first-order valence-electron chi connectivity index (χ1n) is 6.99. The van der Waals surface area contributed by atoms with Crippen molar-refractivity contribution in [3.63, 3.8) is 0 Å². The van der Waals surface area contributed by atoms with Crippen LogP contribution in [-0.2, 0) is 0 Å². The van der Waals surface area contributed by atoms with Gasteiger partial charge in [0.15, 0.2) is 5.75 Å². The molecule has 1 aromatic carbocycles. The summed E-state index contributed by atoms with van der Waals surface area (Å²) in [7, 11) is 0. The molecule has 1 saturated heterocycles. The highest BCUT2D eigenvalue weighted by Gasteiger charge is 2.33. The predicted octanol–water partition coefficient (Wildman–Crippen LogP) is 2.95. The second kappa shape index (κ2) is 4.78. The van der Waals surface area contributed by atoms with E-state index in [1.165, 1.54) is 0 Å². The number of carbonyl (C=O) groups is 1. The fraction of sp³-hybridized carbons (Fsp3) is 0.375. The second-order valence-corrected chi connectivity index (χ2v) is 5.52. The fourth-order valence-corrected chi connectivity index (χ4v) is 3.04. The van der Waals surface area contributed by atoms with E-state index in [0.29, 0.717) is 11.1 Å². The highest BCUT2D eigenvalue weighted by molar-refractivity contribution is 6.02. The van der Waals surface area contributed by atoms with Crippen molar-refractivity contribution < 1.29 is 9.90 Å². The first-order valence-corrected chi connectivity index (χ1v) is 6.99. The van der Waals surface area contributed by atoms with E-state index >= 15 is 0 Å². The number of pyridine rings is 1. The standard InChI is InChI=1S/C16H18N2O2/c1-10-5-6-11(2)18(10)16(20)13-8-7-12-4-3-9-17-14(12)15(13)19/h3-4,7-11,19H,5-6H2,1-2H3. The van der Waals surface area contributed by atoms with Crippen LogP contribution in [0.5, 0.6) is 5.75 Å². The average Bonchev–Trinajstić information content (AvgIpc) is 2.78. The largest absolute Gasteiger partial charge is 0.505 e. The summed E-state index contributed by atoms with van der Waals surface area (Å²) in [6.07, 6.45) is 3.65. The average molecular weight is 270 g/mol. The Balaban J connectivity index is 2.06. The number of nitrogens with zero attached hydrogens (tertiary/aromatic N) is 2. The van der Waals surface area contributed by atoms with Crippen molar-refractivity contribution in [1.82, 2.24) is 9.88 Å². The number of likely N-dealkylation sites (tertiary alicyclic amines) is 1. The molecule has 4 nitrogen and oxygen atoms in total. The van der Waals surface area contributed by atoms with Crippen LogP contribution in [0.4, 0.5) is 0 Å². The molecule has 0 saturated carbocycles. The topological polar surface area (TPSA) is 53.4 Å². The zero-order chi connectivity index (χ0) is 14.3. The van der Waals surface area contributed by atoms with Gasteiger partial charge in [-0.15, -0.1) is 0 Å². The van der Waals surface area contributed by atoms with Crippen molar-refractivity contribution >= 4 is 16.8 Å². The minimum absolute atomic E-state index is 0.0144. The van der Waals surface area contributed by atoms with Gasteiger partial charge in [-0.2, -0.15) is 0 Å². The Bertz CT molecular complexity index is 659. The molecule has 3 rings (SSSR count). The van der Waals surface area contributed by atoms with Gasteiger partial charge >= 0.3 is 0 Å². The molecule has 1 aliphatic heterocycles. The van der Waals surface area contributed by atoms with Gasteiger partial charge in [0, 0.05) is 23.7 Å². The van der Waals surface area contributed by atoms with Crippen LogP contribution in [0.3, 0.4) is 0 Å². The van der Waals surface area contributed by atoms with Gasteiger partial charge in [0.2, 0.25) is 0 Å². The molecule has 0 radical (unpaired) electrons. The van der Waals surface area contributed by atoms with Gasteiger partial charge in [0.1, 0.15) is 5.52 Å². The molecule has 2 atom stereocenters. The van der Waals surface area contributed by atoms with Crippen LogP contribution in [0.2, 0.25) is 0 Å². The molecule has 4 heteroatoms. The van der Waals surface area contributed by atoms with E-state index in [-0.39, 0.29) is 23.7 Å². The Morgan fingerprint density at radius 1 is 1.25 bits per heavy atom. The molecule has 1 aliphatic rings. The lowest BCUT2D eigenvalue weighted by atomic mass is 10.1. The molecule has 1 N–H and O–H groups in total. The number of rotatable bonds is 1. The monoisotopic (exact) mass is 270 g/mol. The number of hydrogen-bond donors (Lipinski definition) is 1. The Morgan fingerprint density at radius 3 is 2.65 bits per heavy atom. The smallest absolute Gasteiger partial charge is 0.258 e. The molecule has 20 heavy (non-hydrogen) atoms. The lowest BCUT2D eigenvalue weighted by molar-refractivity contribution is 0.0690. The summed E-state index contributed by atoms with van der Waals surface area (Å²) < 4.78 is 0. The van der Waals surface area contributed by atoms with Crippen molar-refractivity contribution in [2.24, 2.45) is 0 Å². The third-order valence-electron chi connectivity index (χ3n) is 4.16. The molecule has 1 aromatic heterocycles. The second-order valence-electron chi connectivity index (χ2n) is 5.52. The zero-order valence-corrected chi connectivity index (χ0v) is 11.7. The summed E-state index contributed by atoms with van der Waals surface area (Å²) >= 11 is 0. The number of fused-ring (bicyclic) bond motifs is 1. The molecule has 1 amide bonds. The molecule has 2 unspecified atom stereocenters. The van der Waals surface area contributed by atoms with Gasteiger partial charge in [0.25, 0.3) is 5.91 Å². The zero-order valence-electron chi connectivity index (χ0n) is 11.7. The number of amides is 1. The third-order valence-corrected chi connectivity index (χ3v) is 4.16. The lowest BCUT2D eigenvalue weighted by Gasteiger charge is -2.26. The highest BCUT2D eigenvalue weighted by atomic mass is 16.3. The molecule has 0 spiro atoms. The van der Waals surface area contributed by atoms with E-state index in [0.717, 1.165) is 18.2 Å². The molecule has 2 aromatic rings. The van der Waals surface area contributed by atoms with Gasteiger partial charge in [-0.25, -0.2) is 0 Å². The van der Waals surface area contributed by atoms with E-state index < -0.39 is 0 Å². The van der Waals surface area contributed by atoms with Gasteiger partial charge in [-0.1, -0.05) is 12.1 Å². The number of phenols is 1. The number of hydrogen-bond acceptors (Lipinski definition) is 3. The maximum absolute atomic E-state index is 12.7. The van der Waals surface area contributed by atoms with E-state index in [4.69, 9.17) is 0 Å². The molecule has 104 valence electrons. The third kappa shape index (κ3) is 1.92. The van der Waals surface area contributed by atoms with E-state index in [1.807, 2.05) is 23.1 Å². The maximum atomic E-state index is 12.7. The molecule has 1 fully saturated rings. The predicted molar refractivity (Wildman–Crippen MR) is 77.7 cm³/mol. The van der Waals surface area contributed by atoms with Crippen molar-refractivity contribution in [3.05, 3.63) is 36.0 Å². The van der Waals surface area contributed by atoms with E-state index in [1.54, 1.807) is 12.3 Å². The first kappa shape index (κ1) is 12.9. The summed E-state index contributed by atoms with van der Waals surface area (Å²) in [6, 6.07) is 7.65. The Kier molecular flexibility index (Phi) is 3.08. The summed E-state index contributed by atoms with van der Waals surface area (Å²) in [5.74, 6) is -0.119. The number of aromatic hydroxyl groups is 1. The van der Waals surface area contributed by atoms with Crippen molar-refractivity contribution in [2.45, 2.75) is 38.8 Å². The van der Waals surface area contributed by atoms with Gasteiger partial charge in [-0.3, -0.25) is 9.78 Å². The van der Waals surface area contributed by atoms with Crippen LogP contribution in [0.1, 0.15) is 37.0 Å². The Hall–Kier alpha value is -2.10. The molecular formula is C16H18N2O2. The number of aromatic nitrogens is 1. The molecule has 2 heterocycles. The minimum atomic E-state index is -0.104. The summed E-state index contributed by atoms with van der Waals surface area (Å²) in [6.45, 7) is 4.11. The normalized spacial score (nSPS) is 22.4. The van der Waals surface area contributed by atoms with Crippen LogP contribution in [0.25, 0.3) is 10.9 Å². The van der Waals surface area contributed by atoms with Gasteiger partial charge in [0.05, 0.1) is 5.56 Å². The van der Waals surface area contributed by atoms with Crippen molar-refractivity contribution in [2.75, 3.05) is 0 Å². The first-order chi connectivity index (χ1) is 9.59. The lowest BCUT2D eigenvalue weighted by Crippen LogP contribution is -2.38. The van der Waals surface area contributed by atoms with Gasteiger partial charge in [-0.05, 0) is 38.8 Å². The molecular weight excluding hydrogens is 252 g/mol. The summed E-state index contributed by atoms with van der Waals surface area (Å²) in [4.78, 5) is 18.7. The highest BCUT2D eigenvalue weighted by Crippen LogP contribution is 2.31. The Morgan fingerprint density at radius 2 is 1.95 bits per heavy atom. The quantitative estimate of drug-likeness (QED) is 0.866. The summed E-state index contributed by atoms with van der Waals surface area (Å²) in [5.41, 5.74) is 0.828. The van der Waals surface area contributed by atoms with Crippen molar-refractivity contribution in [1.29, 1.82) is 0 Å². The van der Waals surface area contributed by atoms with Crippen LogP contribution < -0.4 is 0 Å².